The molecule has 0 spiro atoms. The van der Waals surface area contributed by atoms with Gasteiger partial charge in [0, 0.05) is 45.6 Å². The number of carbonyl (C=O) groups excluding carboxylic acids is 2. The average Bonchev–Trinajstić information content (AvgIpc) is 2.84. The maximum Gasteiger partial charge on any atom is 0.243 e. The van der Waals surface area contributed by atoms with Crippen LogP contribution in [-0.2, 0) is 27.3 Å². The van der Waals surface area contributed by atoms with Gasteiger partial charge in [-0.1, -0.05) is 49.4 Å². The normalized spacial score (nSPS) is 15.1. The van der Waals surface area contributed by atoms with E-state index in [4.69, 9.17) is 4.74 Å². The smallest absolute Gasteiger partial charge is 0.243 e. The maximum absolute atomic E-state index is 13.4. The first kappa shape index (κ1) is 24.9. The van der Waals surface area contributed by atoms with Crippen LogP contribution < -0.4 is 5.32 Å². The van der Waals surface area contributed by atoms with Crippen molar-refractivity contribution in [2.24, 2.45) is 0 Å². The third kappa shape index (κ3) is 7.94. The number of nitrogens with one attached hydrogen (secondary N) is 1. The second-order valence-electron chi connectivity index (χ2n) is 8.35. The molecule has 0 aliphatic carbocycles. The summed E-state index contributed by atoms with van der Waals surface area (Å²) in [5.74, 6) is -0.573. The fourth-order valence-corrected chi connectivity index (χ4v) is 3.98. The summed E-state index contributed by atoms with van der Waals surface area (Å²) in [5, 5.41) is 3.05. The molecular formula is C26H34FN3O3. The molecule has 178 valence electrons. The molecule has 0 aromatic heterocycles. The number of ether oxygens (including phenoxy) is 1. The molecule has 33 heavy (non-hydrogen) atoms. The lowest BCUT2D eigenvalue weighted by molar-refractivity contribution is -0.141. The van der Waals surface area contributed by atoms with Crippen LogP contribution in [0, 0.1) is 5.82 Å². The van der Waals surface area contributed by atoms with Gasteiger partial charge in [-0.15, -0.1) is 0 Å². The highest BCUT2D eigenvalue weighted by Gasteiger charge is 2.30. The average molecular weight is 456 g/mol. The first-order valence-electron chi connectivity index (χ1n) is 11.7. The Bertz CT molecular complexity index is 870. The molecule has 2 amide bonds. The lowest BCUT2D eigenvalue weighted by atomic mass is 10.0. The third-order valence-corrected chi connectivity index (χ3v) is 5.83. The van der Waals surface area contributed by atoms with E-state index in [1.54, 1.807) is 17.0 Å². The van der Waals surface area contributed by atoms with Crippen molar-refractivity contribution in [3.05, 3.63) is 71.5 Å². The van der Waals surface area contributed by atoms with Gasteiger partial charge >= 0.3 is 0 Å². The lowest BCUT2D eigenvalue weighted by Gasteiger charge is -2.32. The topological polar surface area (TPSA) is 61.9 Å². The van der Waals surface area contributed by atoms with Crippen LogP contribution >= 0.6 is 0 Å². The van der Waals surface area contributed by atoms with E-state index in [1.807, 2.05) is 37.3 Å². The van der Waals surface area contributed by atoms with Gasteiger partial charge in [0.25, 0.3) is 0 Å². The van der Waals surface area contributed by atoms with Gasteiger partial charge in [-0.2, -0.15) is 0 Å². The molecule has 0 saturated carbocycles. The Hall–Kier alpha value is -2.77. The molecule has 1 saturated heterocycles. The molecular weight excluding hydrogens is 421 g/mol. The van der Waals surface area contributed by atoms with Gasteiger partial charge in [-0.3, -0.25) is 14.5 Å². The zero-order chi connectivity index (χ0) is 23.5. The van der Waals surface area contributed by atoms with E-state index in [2.05, 4.69) is 10.2 Å². The number of hydrogen-bond acceptors (Lipinski definition) is 4. The van der Waals surface area contributed by atoms with Crippen LogP contribution in [0.4, 0.5) is 4.39 Å². The highest BCUT2D eigenvalue weighted by molar-refractivity contribution is 5.88. The van der Waals surface area contributed by atoms with E-state index in [1.165, 1.54) is 12.1 Å². The number of halogens is 1. The minimum Gasteiger partial charge on any atom is -0.379 e. The molecule has 1 atom stereocenters. The molecule has 0 radical (unpaired) electrons. The van der Waals surface area contributed by atoms with Crippen LogP contribution in [0.5, 0.6) is 0 Å². The molecule has 1 aliphatic heterocycles. The summed E-state index contributed by atoms with van der Waals surface area (Å²) in [4.78, 5) is 30.4. The number of morpholine rings is 1. The first-order chi connectivity index (χ1) is 16.1. The molecule has 2 aromatic carbocycles. The van der Waals surface area contributed by atoms with Crippen molar-refractivity contribution >= 4 is 11.8 Å². The quantitative estimate of drug-likeness (QED) is 0.566. The lowest BCUT2D eigenvalue weighted by Crippen LogP contribution is -2.51. The highest BCUT2D eigenvalue weighted by atomic mass is 19.1. The summed E-state index contributed by atoms with van der Waals surface area (Å²) in [6.07, 6.45) is 1.46. The van der Waals surface area contributed by atoms with Crippen molar-refractivity contribution in [1.82, 2.24) is 15.1 Å². The maximum atomic E-state index is 13.4. The highest BCUT2D eigenvalue weighted by Crippen LogP contribution is 2.16. The summed E-state index contributed by atoms with van der Waals surface area (Å²) < 4.78 is 18.8. The Kier molecular flexibility index (Phi) is 9.84. The van der Waals surface area contributed by atoms with Crippen molar-refractivity contribution in [1.29, 1.82) is 0 Å². The van der Waals surface area contributed by atoms with Gasteiger partial charge in [0.05, 0.1) is 13.2 Å². The zero-order valence-electron chi connectivity index (χ0n) is 19.3. The van der Waals surface area contributed by atoms with Gasteiger partial charge in [0.15, 0.2) is 0 Å². The molecule has 1 heterocycles. The van der Waals surface area contributed by atoms with Gasteiger partial charge in [0.2, 0.25) is 11.8 Å². The number of benzene rings is 2. The van der Waals surface area contributed by atoms with E-state index in [-0.39, 0.29) is 24.2 Å². The monoisotopic (exact) mass is 455 g/mol. The van der Waals surface area contributed by atoms with Gasteiger partial charge in [0.1, 0.15) is 11.9 Å². The second kappa shape index (κ2) is 13.1. The number of hydrogen-bond donors (Lipinski definition) is 1. The molecule has 1 fully saturated rings. The Morgan fingerprint density at radius 2 is 1.76 bits per heavy atom. The Balaban J connectivity index is 1.77. The fraction of sp³-hybridized carbons (Fsp3) is 0.462. The van der Waals surface area contributed by atoms with Gasteiger partial charge in [-0.25, -0.2) is 4.39 Å². The second-order valence-corrected chi connectivity index (χ2v) is 8.35. The van der Waals surface area contributed by atoms with Crippen molar-refractivity contribution in [2.75, 3.05) is 39.4 Å². The number of rotatable bonds is 11. The standard InChI is InChI=1S/C26H34FN3O3/c1-2-6-25(31)30(20-22-9-11-23(27)12-10-22)24(19-21-7-4-3-5-8-21)26(32)28-13-14-29-15-17-33-18-16-29/h3-5,7-12,24H,2,6,13-20H2,1H3,(H,28,32). The van der Waals surface area contributed by atoms with Crippen molar-refractivity contribution in [3.8, 4) is 0 Å². The van der Waals surface area contributed by atoms with Crippen LogP contribution in [0.15, 0.2) is 54.6 Å². The summed E-state index contributed by atoms with van der Waals surface area (Å²) in [7, 11) is 0. The molecule has 7 heteroatoms. The van der Waals surface area contributed by atoms with E-state index < -0.39 is 6.04 Å². The minimum atomic E-state index is -0.652. The predicted octanol–water partition coefficient (Wildman–Crippen LogP) is 3.01. The summed E-state index contributed by atoms with van der Waals surface area (Å²) in [5.41, 5.74) is 1.78. The van der Waals surface area contributed by atoms with Gasteiger partial charge < -0.3 is 15.0 Å². The summed E-state index contributed by atoms with van der Waals surface area (Å²) >= 11 is 0. The first-order valence-corrected chi connectivity index (χ1v) is 11.7. The molecule has 1 unspecified atom stereocenters. The molecule has 3 rings (SSSR count). The number of amides is 2. The Morgan fingerprint density at radius 3 is 2.42 bits per heavy atom. The largest absolute Gasteiger partial charge is 0.379 e. The van der Waals surface area contributed by atoms with E-state index in [0.717, 1.165) is 30.8 Å². The Morgan fingerprint density at radius 1 is 1.06 bits per heavy atom. The molecule has 6 nitrogen and oxygen atoms in total. The fourth-order valence-electron chi connectivity index (χ4n) is 3.98. The van der Waals surface area contributed by atoms with Crippen LogP contribution in [0.1, 0.15) is 30.9 Å². The number of nitrogens with zero attached hydrogens (tertiary/aromatic N) is 2. The van der Waals surface area contributed by atoms with Crippen molar-refractivity contribution in [2.45, 2.75) is 38.8 Å². The van der Waals surface area contributed by atoms with Crippen LogP contribution in [0.25, 0.3) is 0 Å². The Labute approximate surface area is 195 Å². The molecule has 0 bridgehead atoms. The SMILES string of the molecule is CCCC(=O)N(Cc1ccc(F)cc1)C(Cc1ccccc1)C(=O)NCCN1CCOCC1. The summed E-state index contributed by atoms with van der Waals surface area (Å²) in [6, 6.07) is 15.2. The third-order valence-electron chi connectivity index (χ3n) is 5.83. The van der Waals surface area contributed by atoms with Crippen LogP contribution in [0.2, 0.25) is 0 Å². The summed E-state index contributed by atoms with van der Waals surface area (Å²) in [6.45, 7) is 6.59. The van der Waals surface area contributed by atoms with E-state index >= 15 is 0 Å². The van der Waals surface area contributed by atoms with E-state index in [9.17, 15) is 14.0 Å². The van der Waals surface area contributed by atoms with Crippen LogP contribution in [0.3, 0.4) is 0 Å². The van der Waals surface area contributed by atoms with Crippen molar-refractivity contribution in [3.63, 3.8) is 0 Å². The molecule has 2 aromatic rings. The zero-order valence-corrected chi connectivity index (χ0v) is 19.3. The van der Waals surface area contributed by atoms with Gasteiger partial charge in [-0.05, 0) is 29.7 Å². The molecule has 1 N–H and O–H groups in total. The van der Waals surface area contributed by atoms with Crippen LogP contribution in [-0.4, -0.2) is 67.0 Å². The predicted molar refractivity (Wildman–Crippen MR) is 126 cm³/mol. The van der Waals surface area contributed by atoms with Crippen molar-refractivity contribution < 1.29 is 18.7 Å². The number of carbonyl (C=O) groups is 2. The minimum absolute atomic E-state index is 0.0777. The van der Waals surface area contributed by atoms with E-state index in [0.29, 0.717) is 39.0 Å². The molecule has 1 aliphatic rings.